The number of allylic oxidation sites excluding steroid dienone is 1. The Hall–Kier alpha value is -1.79. The molecule has 1 aliphatic heterocycles. The lowest BCUT2D eigenvalue weighted by atomic mass is 10.0. The maximum absolute atomic E-state index is 12.2. The summed E-state index contributed by atoms with van der Waals surface area (Å²) in [4.78, 5) is 29.1. The molecular weight excluding hydrogens is 358 g/mol. The molecule has 2 aliphatic carbocycles. The highest BCUT2D eigenvalue weighted by atomic mass is 35.5. The highest BCUT2D eigenvalue weighted by Crippen LogP contribution is 2.41. The first-order chi connectivity index (χ1) is 12.1. The summed E-state index contributed by atoms with van der Waals surface area (Å²) in [6, 6.07) is 7.30. The van der Waals surface area contributed by atoms with Crippen LogP contribution in [0.25, 0.3) is 0 Å². The second-order valence-electron chi connectivity index (χ2n) is 6.61. The van der Waals surface area contributed by atoms with Gasteiger partial charge in [-0.2, -0.15) is 0 Å². The summed E-state index contributed by atoms with van der Waals surface area (Å²) in [5.74, 6) is 0.748. The third-order valence-corrected chi connectivity index (χ3v) is 6.25. The van der Waals surface area contributed by atoms with Crippen LogP contribution in [0.5, 0.6) is 0 Å². The van der Waals surface area contributed by atoms with Gasteiger partial charge >= 0.3 is 0 Å². The quantitative estimate of drug-likeness (QED) is 0.794. The van der Waals surface area contributed by atoms with E-state index in [1.54, 1.807) is 24.3 Å². The zero-order valence-corrected chi connectivity index (χ0v) is 15.0. The second kappa shape index (κ2) is 6.84. The Balaban J connectivity index is 1.35. The average molecular weight is 376 g/mol. The molecule has 2 amide bonds. The first kappa shape index (κ1) is 16.7. The number of aliphatic imine (C=N–C) groups is 1. The number of anilines is 1. The van der Waals surface area contributed by atoms with Gasteiger partial charge in [-0.15, -0.1) is 0 Å². The molecule has 0 radical (unpaired) electrons. The van der Waals surface area contributed by atoms with Crippen LogP contribution in [0.4, 0.5) is 5.69 Å². The summed E-state index contributed by atoms with van der Waals surface area (Å²) >= 11 is 7.39. The molecule has 0 unspecified atom stereocenters. The van der Waals surface area contributed by atoms with Gasteiger partial charge in [0.1, 0.15) is 5.25 Å². The van der Waals surface area contributed by atoms with Crippen molar-refractivity contribution in [1.29, 1.82) is 0 Å². The Bertz CT molecular complexity index is 779. The van der Waals surface area contributed by atoms with Crippen molar-refractivity contribution >= 4 is 46.0 Å². The van der Waals surface area contributed by atoms with Crippen LogP contribution < -0.4 is 10.6 Å². The minimum atomic E-state index is -0.449. The van der Waals surface area contributed by atoms with Gasteiger partial charge in [0.2, 0.25) is 11.8 Å². The number of rotatable bonds is 4. The number of nitrogens with one attached hydrogen (secondary N) is 2. The van der Waals surface area contributed by atoms with E-state index in [0.29, 0.717) is 27.7 Å². The zero-order valence-electron chi connectivity index (χ0n) is 13.4. The molecule has 2 N–H and O–H groups in total. The molecule has 1 heterocycles. The Morgan fingerprint density at radius 1 is 1.32 bits per heavy atom. The molecule has 4 atom stereocenters. The fourth-order valence-electron chi connectivity index (χ4n) is 3.58. The molecule has 0 aromatic heterocycles. The fourth-order valence-corrected chi connectivity index (χ4v) is 4.79. The molecule has 1 saturated heterocycles. The van der Waals surface area contributed by atoms with Gasteiger partial charge in [-0.05, 0) is 36.8 Å². The zero-order chi connectivity index (χ0) is 17.4. The highest BCUT2D eigenvalue weighted by Gasteiger charge is 2.38. The van der Waals surface area contributed by atoms with E-state index in [2.05, 4.69) is 22.8 Å². The molecule has 5 nitrogen and oxygen atoms in total. The van der Waals surface area contributed by atoms with Crippen molar-refractivity contribution in [3.63, 3.8) is 0 Å². The summed E-state index contributed by atoms with van der Waals surface area (Å²) in [5.41, 5.74) is 0.556. The maximum Gasteiger partial charge on any atom is 0.240 e. The summed E-state index contributed by atoms with van der Waals surface area (Å²) in [6.07, 6.45) is 6.82. The molecule has 1 saturated carbocycles. The highest BCUT2D eigenvalue weighted by molar-refractivity contribution is 8.15. The van der Waals surface area contributed by atoms with E-state index in [1.807, 2.05) is 0 Å². The molecule has 3 aliphatic rings. The Kier molecular flexibility index (Phi) is 4.56. The SMILES string of the molecule is O=C(C[C@H]1SC(=N[C@H]2C[C@@H]3C=C[C@@H]2C3)NC1=O)Nc1ccccc1Cl. The van der Waals surface area contributed by atoms with Gasteiger partial charge in [0.05, 0.1) is 16.8 Å². The predicted octanol–water partition coefficient (Wildman–Crippen LogP) is 3.22. The van der Waals surface area contributed by atoms with Crippen LogP contribution in [0.2, 0.25) is 5.02 Å². The lowest BCUT2D eigenvalue weighted by molar-refractivity contribution is -0.122. The number of carbonyl (C=O) groups is 2. The summed E-state index contributed by atoms with van der Waals surface area (Å²) < 4.78 is 0. The average Bonchev–Trinajstić information content (AvgIpc) is 3.27. The molecule has 25 heavy (non-hydrogen) atoms. The van der Waals surface area contributed by atoms with Gasteiger partial charge in [-0.1, -0.05) is 47.6 Å². The van der Waals surface area contributed by atoms with E-state index < -0.39 is 5.25 Å². The van der Waals surface area contributed by atoms with Crippen molar-refractivity contribution in [2.75, 3.05) is 5.32 Å². The van der Waals surface area contributed by atoms with Crippen LogP contribution >= 0.6 is 23.4 Å². The topological polar surface area (TPSA) is 70.6 Å². The van der Waals surface area contributed by atoms with Crippen LogP contribution in [0.3, 0.4) is 0 Å². The van der Waals surface area contributed by atoms with Crippen molar-refractivity contribution in [1.82, 2.24) is 5.32 Å². The number of nitrogens with zero attached hydrogens (tertiary/aromatic N) is 1. The monoisotopic (exact) mass is 375 g/mol. The smallest absolute Gasteiger partial charge is 0.240 e. The fraction of sp³-hybridized carbons (Fsp3) is 0.389. The first-order valence-corrected chi connectivity index (χ1v) is 9.62. The van der Waals surface area contributed by atoms with E-state index in [1.165, 1.54) is 18.2 Å². The number of thioether (sulfide) groups is 1. The van der Waals surface area contributed by atoms with Gasteiger partial charge in [0, 0.05) is 6.42 Å². The van der Waals surface area contributed by atoms with Crippen LogP contribution in [-0.2, 0) is 9.59 Å². The van der Waals surface area contributed by atoms with Crippen molar-refractivity contribution in [2.45, 2.75) is 30.6 Å². The minimum absolute atomic E-state index is 0.0946. The predicted molar refractivity (Wildman–Crippen MR) is 101 cm³/mol. The number of amidine groups is 1. The number of hydrogen-bond acceptors (Lipinski definition) is 4. The Morgan fingerprint density at radius 2 is 2.16 bits per heavy atom. The van der Waals surface area contributed by atoms with Crippen molar-refractivity contribution in [2.24, 2.45) is 16.8 Å². The van der Waals surface area contributed by atoms with Crippen molar-refractivity contribution < 1.29 is 9.59 Å². The molecule has 130 valence electrons. The molecule has 4 rings (SSSR count). The number of halogens is 1. The molecule has 2 bridgehead atoms. The van der Waals surface area contributed by atoms with Crippen LogP contribution in [0.1, 0.15) is 19.3 Å². The van der Waals surface area contributed by atoms with Gasteiger partial charge in [0.15, 0.2) is 5.17 Å². The first-order valence-electron chi connectivity index (χ1n) is 8.36. The molecule has 0 spiro atoms. The molecule has 1 aromatic carbocycles. The number of amides is 2. The number of fused-ring (bicyclic) bond motifs is 2. The minimum Gasteiger partial charge on any atom is -0.325 e. The summed E-state index contributed by atoms with van der Waals surface area (Å²) in [5, 5.41) is 6.24. The number of carbonyl (C=O) groups excluding carboxylic acids is 2. The van der Waals surface area contributed by atoms with Gasteiger partial charge in [-0.3, -0.25) is 14.6 Å². The summed E-state index contributed by atoms with van der Waals surface area (Å²) in [6.45, 7) is 0. The molecule has 2 fully saturated rings. The van der Waals surface area contributed by atoms with E-state index >= 15 is 0 Å². The van der Waals surface area contributed by atoms with Gasteiger partial charge < -0.3 is 10.6 Å². The van der Waals surface area contributed by atoms with E-state index in [4.69, 9.17) is 16.6 Å². The van der Waals surface area contributed by atoms with E-state index in [0.717, 1.165) is 6.42 Å². The van der Waals surface area contributed by atoms with Gasteiger partial charge in [0.25, 0.3) is 0 Å². The summed E-state index contributed by atoms with van der Waals surface area (Å²) in [7, 11) is 0. The van der Waals surface area contributed by atoms with Crippen molar-refractivity contribution in [3.8, 4) is 0 Å². The third-order valence-electron chi connectivity index (χ3n) is 4.82. The maximum atomic E-state index is 12.2. The molecule has 7 heteroatoms. The van der Waals surface area contributed by atoms with E-state index in [-0.39, 0.29) is 24.3 Å². The molecule has 1 aromatic rings. The van der Waals surface area contributed by atoms with Crippen LogP contribution in [0.15, 0.2) is 41.4 Å². The Morgan fingerprint density at radius 3 is 2.88 bits per heavy atom. The normalized spacial score (nSPS) is 31.6. The largest absolute Gasteiger partial charge is 0.325 e. The van der Waals surface area contributed by atoms with Gasteiger partial charge in [-0.25, -0.2) is 0 Å². The standard InChI is InChI=1S/C18H18ClN3O2S/c19-12-3-1-2-4-13(12)20-16(23)9-15-17(24)22-18(25-15)21-14-8-10-5-6-11(14)7-10/h1-6,10-11,14-15H,7-9H2,(H,20,23)(H,21,22,24)/t10-,11-,14+,15-/m1/s1. The second-order valence-corrected chi connectivity index (χ2v) is 8.21. The molecular formula is C18H18ClN3O2S. The number of benzene rings is 1. The van der Waals surface area contributed by atoms with Crippen molar-refractivity contribution in [3.05, 3.63) is 41.4 Å². The number of hydrogen-bond donors (Lipinski definition) is 2. The van der Waals surface area contributed by atoms with Crippen LogP contribution in [-0.4, -0.2) is 28.3 Å². The van der Waals surface area contributed by atoms with E-state index in [9.17, 15) is 9.59 Å². The lowest BCUT2D eigenvalue weighted by Gasteiger charge is -2.13. The third kappa shape index (κ3) is 3.60. The lowest BCUT2D eigenvalue weighted by Crippen LogP contribution is -2.28. The Labute approximate surface area is 155 Å². The van der Waals surface area contributed by atoms with Crippen LogP contribution in [0, 0.1) is 11.8 Å². The number of para-hydroxylation sites is 1.